The molecule has 29 heavy (non-hydrogen) atoms. The van der Waals surface area contributed by atoms with Crippen LogP contribution in [0.25, 0.3) is 0 Å². The summed E-state index contributed by atoms with van der Waals surface area (Å²) < 4.78 is 15.3. The van der Waals surface area contributed by atoms with Crippen molar-refractivity contribution in [3.05, 3.63) is 52.7 Å². The van der Waals surface area contributed by atoms with Gasteiger partial charge in [0, 0.05) is 63.1 Å². The number of allylic oxidation sites excluding steroid dienone is 2. The van der Waals surface area contributed by atoms with E-state index < -0.39 is 9.71 Å². The summed E-state index contributed by atoms with van der Waals surface area (Å²) in [5, 5.41) is 3.03. The smallest absolute Gasteiger partial charge is 0.318 e. The van der Waals surface area contributed by atoms with Crippen molar-refractivity contribution in [2.24, 2.45) is 5.92 Å². The predicted molar refractivity (Wildman–Crippen MR) is 117 cm³/mol. The highest BCUT2D eigenvalue weighted by Crippen LogP contribution is 2.24. The van der Waals surface area contributed by atoms with E-state index >= 15 is 0 Å². The summed E-state index contributed by atoms with van der Waals surface area (Å²) in [6.07, 6.45) is 10.4. The molecule has 3 heterocycles. The molecule has 156 valence electrons. The third kappa shape index (κ3) is 4.39. The molecule has 7 nitrogen and oxygen atoms in total. The number of aromatic nitrogens is 1. The summed E-state index contributed by atoms with van der Waals surface area (Å²) in [4.78, 5) is 21.5. The number of nitrogens with one attached hydrogen (secondary N) is 1. The summed E-state index contributed by atoms with van der Waals surface area (Å²) in [5.41, 5.74) is 2.27. The zero-order valence-electron chi connectivity index (χ0n) is 16.9. The van der Waals surface area contributed by atoms with Gasteiger partial charge in [0.1, 0.15) is 0 Å². The normalized spacial score (nSPS) is 24.7. The minimum atomic E-state index is -2.43. The number of urea groups is 1. The maximum atomic E-state index is 13.3. The zero-order chi connectivity index (χ0) is 20.4. The first-order chi connectivity index (χ1) is 13.9. The molecule has 3 aliphatic rings. The number of carbonyl (C=O) groups excluding carboxylic acids is 1. The minimum Gasteiger partial charge on any atom is -0.337 e. The molecule has 0 spiro atoms. The molecule has 8 heteroatoms. The topological polar surface area (TPSA) is 68.8 Å². The van der Waals surface area contributed by atoms with Crippen molar-refractivity contribution in [1.82, 2.24) is 24.4 Å². The van der Waals surface area contributed by atoms with Gasteiger partial charge in [0.05, 0.1) is 9.71 Å². The van der Waals surface area contributed by atoms with E-state index in [2.05, 4.69) is 34.2 Å². The second-order valence-corrected chi connectivity index (χ2v) is 10.3. The van der Waals surface area contributed by atoms with Crippen LogP contribution in [0.15, 0.2) is 41.6 Å². The molecule has 2 amide bonds. The second-order valence-electron chi connectivity index (χ2n) is 8.02. The van der Waals surface area contributed by atoms with Crippen LogP contribution in [0.5, 0.6) is 0 Å². The molecule has 2 unspecified atom stereocenters. The van der Waals surface area contributed by atoms with E-state index in [1.165, 1.54) is 0 Å². The van der Waals surface area contributed by atoms with E-state index in [-0.39, 0.29) is 11.9 Å². The molecule has 0 bridgehead atoms. The monoisotopic (exact) mass is 415 g/mol. The molecule has 1 aromatic rings. The Labute approximate surface area is 173 Å². The molecule has 4 rings (SSSR count). The molecular formula is C21H29N5O2S. The van der Waals surface area contributed by atoms with E-state index in [1.54, 1.807) is 11.1 Å². The third-order valence-electron chi connectivity index (χ3n) is 5.93. The number of rotatable bonds is 4. The number of hydrogen-bond donors (Lipinski definition) is 1. The first-order valence-electron chi connectivity index (χ1n) is 10.1. The van der Waals surface area contributed by atoms with E-state index in [0.717, 1.165) is 48.6 Å². The Hall–Kier alpha value is -2.16. The maximum Gasteiger partial charge on any atom is 0.318 e. The summed E-state index contributed by atoms with van der Waals surface area (Å²) in [6.45, 7) is 5.17. The van der Waals surface area contributed by atoms with Gasteiger partial charge in [-0.05, 0) is 48.5 Å². The summed E-state index contributed by atoms with van der Waals surface area (Å²) >= 11 is 0. The van der Waals surface area contributed by atoms with Crippen LogP contribution in [0.2, 0.25) is 0 Å². The van der Waals surface area contributed by atoms with Crippen LogP contribution in [0.3, 0.4) is 0 Å². The van der Waals surface area contributed by atoms with Crippen molar-refractivity contribution in [1.29, 1.82) is 0 Å². The molecular weight excluding hydrogens is 386 g/mol. The van der Waals surface area contributed by atoms with Gasteiger partial charge in [-0.3, -0.25) is 4.98 Å². The number of amides is 2. The molecule has 0 radical (unpaired) electrons. The van der Waals surface area contributed by atoms with E-state index in [9.17, 15) is 9.00 Å². The molecule has 2 atom stereocenters. The van der Waals surface area contributed by atoms with Crippen molar-refractivity contribution in [2.45, 2.75) is 19.5 Å². The van der Waals surface area contributed by atoms with Gasteiger partial charge < -0.3 is 15.1 Å². The van der Waals surface area contributed by atoms with Gasteiger partial charge in [-0.1, -0.05) is 12.2 Å². The Morgan fingerprint density at radius 1 is 1.28 bits per heavy atom. The van der Waals surface area contributed by atoms with Crippen molar-refractivity contribution in [3.8, 4) is 0 Å². The van der Waals surface area contributed by atoms with Crippen LogP contribution < -0.4 is 5.32 Å². The fraction of sp³-hybridized carbons (Fsp3) is 0.476. The SMILES string of the molecule is C=S(=O)(C1=CCC(CNC(=O)N2Cc3ccncc3C2)C=C1)N1CCN(C)CC1. The van der Waals surface area contributed by atoms with Crippen molar-refractivity contribution in [3.63, 3.8) is 0 Å². The van der Waals surface area contributed by atoms with Gasteiger partial charge >= 0.3 is 6.03 Å². The zero-order valence-corrected chi connectivity index (χ0v) is 17.7. The van der Waals surface area contributed by atoms with Gasteiger partial charge in [0.2, 0.25) is 0 Å². The number of nitrogens with zero attached hydrogens (tertiary/aromatic N) is 4. The Morgan fingerprint density at radius 3 is 2.72 bits per heavy atom. The largest absolute Gasteiger partial charge is 0.337 e. The average Bonchev–Trinajstić information content (AvgIpc) is 3.17. The summed E-state index contributed by atoms with van der Waals surface area (Å²) in [6, 6.07) is 1.91. The van der Waals surface area contributed by atoms with E-state index in [1.807, 2.05) is 28.7 Å². The molecule has 1 N–H and O–H groups in total. The fourth-order valence-corrected chi connectivity index (χ4v) is 5.66. The van der Waals surface area contributed by atoms with Crippen molar-refractivity contribution >= 4 is 21.6 Å². The standard InChI is InChI=1S/C21H29N5O2S/c1-24-9-11-26(12-10-24)29(2,28)20-5-3-17(4-6-20)13-23-21(27)25-15-18-7-8-22-14-19(18)16-25/h3,5-8,14,17H,2,4,9-13,15-16H2,1H3,(H,23,27). The lowest BCUT2D eigenvalue weighted by Crippen LogP contribution is -2.47. The summed E-state index contributed by atoms with van der Waals surface area (Å²) in [5.74, 6) is 4.25. The van der Waals surface area contributed by atoms with Crippen LogP contribution in [0.1, 0.15) is 17.5 Å². The first kappa shape index (κ1) is 20.1. The molecule has 1 fully saturated rings. The van der Waals surface area contributed by atoms with Gasteiger partial charge in [-0.15, -0.1) is 0 Å². The van der Waals surface area contributed by atoms with E-state index in [0.29, 0.717) is 19.6 Å². The number of carbonyl (C=O) groups is 1. The highest BCUT2D eigenvalue weighted by Gasteiger charge is 2.26. The molecule has 2 aliphatic heterocycles. The second kappa shape index (κ2) is 8.30. The third-order valence-corrected chi connectivity index (χ3v) is 8.17. The number of likely N-dealkylation sites (N-methyl/N-ethyl adjacent to an activating group) is 1. The Morgan fingerprint density at radius 2 is 2.03 bits per heavy atom. The van der Waals surface area contributed by atoms with Gasteiger partial charge in [0.25, 0.3) is 0 Å². The summed E-state index contributed by atoms with van der Waals surface area (Å²) in [7, 11) is -0.345. The first-order valence-corrected chi connectivity index (χ1v) is 11.8. The Balaban J connectivity index is 1.27. The van der Waals surface area contributed by atoms with Gasteiger partial charge in [-0.2, -0.15) is 0 Å². The molecule has 1 aliphatic carbocycles. The Bertz CT molecular complexity index is 907. The molecule has 1 aromatic heterocycles. The fourth-order valence-electron chi connectivity index (χ4n) is 3.96. The van der Waals surface area contributed by atoms with Crippen LogP contribution in [-0.2, 0) is 22.8 Å². The highest BCUT2D eigenvalue weighted by atomic mass is 32.2. The van der Waals surface area contributed by atoms with Crippen LogP contribution in [-0.4, -0.2) is 75.0 Å². The predicted octanol–water partition coefficient (Wildman–Crippen LogP) is 1.45. The Kier molecular flexibility index (Phi) is 5.76. The molecule has 0 saturated carbocycles. The van der Waals surface area contributed by atoms with Crippen molar-refractivity contribution in [2.75, 3.05) is 39.8 Å². The van der Waals surface area contributed by atoms with Crippen LogP contribution in [0.4, 0.5) is 4.79 Å². The number of hydrogen-bond acceptors (Lipinski definition) is 4. The maximum absolute atomic E-state index is 13.3. The quantitative estimate of drug-likeness (QED) is 0.756. The number of pyridine rings is 1. The minimum absolute atomic E-state index is 0.0530. The molecule has 1 saturated heterocycles. The lowest BCUT2D eigenvalue weighted by atomic mass is 10.0. The number of fused-ring (bicyclic) bond motifs is 1. The van der Waals surface area contributed by atoms with Crippen LogP contribution >= 0.6 is 0 Å². The lowest BCUT2D eigenvalue weighted by molar-refractivity contribution is 0.197. The van der Waals surface area contributed by atoms with Gasteiger partial charge in [0.15, 0.2) is 0 Å². The lowest BCUT2D eigenvalue weighted by Gasteiger charge is -2.35. The average molecular weight is 416 g/mol. The van der Waals surface area contributed by atoms with Gasteiger partial charge in [-0.25, -0.2) is 13.3 Å². The number of piperazine rings is 1. The van der Waals surface area contributed by atoms with E-state index in [4.69, 9.17) is 0 Å². The van der Waals surface area contributed by atoms with Crippen molar-refractivity contribution < 1.29 is 9.00 Å². The molecule has 0 aromatic carbocycles. The van der Waals surface area contributed by atoms with Crippen LogP contribution in [0, 0.1) is 5.92 Å². The highest BCUT2D eigenvalue weighted by molar-refractivity contribution is 8.01.